The Bertz CT molecular complexity index is 374. The molecule has 0 atom stereocenters. The van der Waals surface area contributed by atoms with E-state index in [-0.39, 0.29) is 24.4 Å². The molecule has 0 heterocycles. The monoisotopic (exact) mass is 421 g/mol. The van der Waals surface area contributed by atoms with Gasteiger partial charge in [-0.25, -0.2) is 0 Å². The minimum absolute atomic E-state index is 0. The first-order valence-corrected chi connectivity index (χ1v) is 5.45. The first-order chi connectivity index (χ1) is 6.50. The van der Waals surface area contributed by atoms with Crippen LogP contribution in [0.4, 0.5) is 26.3 Å². The molecule has 0 aliphatic carbocycles. The number of rotatable bonds is 0. The molecular formula is C2H2F6O6S2Sb. The minimum atomic E-state index is -5.84. The average molecular weight is 422 g/mol. The van der Waals surface area contributed by atoms with Gasteiger partial charge >= 0.3 is 31.3 Å². The molecule has 17 heavy (non-hydrogen) atoms. The van der Waals surface area contributed by atoms with Crippen LogP contribution in [-0.2, 0) is 20.2 Å². The third kappa shape index (κ3) is 9.88. The van der Waals surface area contributed by atoms with Crippen LogP contribution in [0.3, 0.4) is 0 Å². The van der Waals surface area contributed by atoms with E-state index in [0.29, 0.717) is 0 Å². The minimum Gasteiger partial charge on any atom is -0.279 e. The fraction of sp³-hybridized carbons (Fsp3) is 1.00. The molecule has 0 aromatic rings. The van der Waals surface area contributed by atoms with Crippen LogP contribution in [-0.4, -0.2) is 61.4 Å². The fourth-order valence-electron chi connectivity index (χ4n) is 0. The van der Waals surface area contributed by atoms with E-state index in [1.807, 2.05) is 0 Å². The topological polar surface area (TPSA) is 109 Å². The van der Waals surface area contributed by atoms with E-state index in [0.717, 1.165) is 0 Å². The Kier molecular flexibility index (Phi) is 8.44. The quantitative estimate of drug-likeness (QED) is 0.254. The molecule has 6 nitrogen and oxygen atoms in total. The smallest absolute Gasteiger partial charge is 0.279 e. The standard InChI is InChI=1S/2CHF3O3S.Sb/c2*2-1(3,4)8(5,6)7;/h2*(H,5,6,7);. The van der Waals surface area contributed by atoms with E-state index in [4.69, 9.17) is 25.9 Å². The number of alkyl halides is 6. The Hall–Kier alpha value is 0.218. The summed E-state index contributed by atoms with van der Waals surface area (Å²) in [5.41, 5.74) is -11.1. The number of hydrogen-bond donors (Lipinski definition) is 2. The Morgan fingerprint density at radius 2 is 0.706 bits per heavy atom. The fourth-order valence-corrected chi connectivity index (χ4v) is 0. The molecule has 15 heteroatoms. The second-order valence-electron chi connectivity index (χ2n) is 1.84. The van der Waals surface area contributed by atoms with Crippen molar-refractivity contribution in [2.24, 2.45) is 0 Å². The van der Waals surface area contributed by atoms with Gasteiger partial charge in [0.25, 0.3) is 0 Å². The molecule has 0 aromatic heterocycles. The van der Waals surface area contributed by atoms with Crippen molar-refractivity contribution in [2.75, 3.05) is 0 Å². The second kappa shape index (κ2) is 6.40. The summed E-state index contributed by atoms with van der Waals surface area (Å²) in [5.74, 6) is 0. The largest absolute Gasteiger partial charge is 0.522 e. The molecule has 0 saturated heterocycles. The van der Waals surface area contributed by atoms with Gasteiger partial charge in [-0.15, -0.1) is 0 Å². The predicted molar refractivity (Wildman–Crippen MR) is 41.0 cm³/mol. The molecule has 0 rings (SSSR count). The summed E-state index contributed by atoms with van der Waals surface area (Å²) >= 11 is 0. The van der Waals surface area contributed by atoms with Gasteiger partial charge in [-0.1, -0.05) is 0 Å². The van der Waals surface area contributed by atoms with Crippen molar-refractivity contribution in [3.8, 4) is 0 Å². The molecule has 0 aliphatic heterocycles. The van der Waals surface area contributed by atoms with Crippen molar-refractivity contribution in [3.05, 3.63) is 0 Å². The van der Waals surface area contributed by atoms with E-state index in [9.17, 15) is 26.3 Å². The zero-order chi connectivity index (χ0) is 14.0. The van der Waals surface area contributed by atoms with Crippen LogP contribution in [0, 0.1) is 0 Å². The van der Waals surface area contributed by atoms with E-state index >= 15 is 0 Å². The summed E-state index contributed by atoms with van der Waals surface area (Å²) in [5, 5.41) is 0. The third-order valence-corrected chi connectivity index (χ3v) is 1.75. The number of halogens is 6. The van der Waals surface area contributed by atoms with Crippen molar-refractivity contribution in [2.45, 2.75) is 11.0 Å². The van der Waals surface area contributed by atoms with Gasteiger partial charge in [-0.05, 0) is 0 Å². The first kappa shape index (κ1) is 22.4. The Balaban J connectivity index is -0.000000218. The molecular weight excluding hydrogens is 420 g/mol. The molecule has 0 spiro atoms. The van der Waals surface area contributed by atoms with Gasteiger partial charge in [0.15, 0.2) is 0 Å². The van der Waals surface area contributed by atoms with Gasteiger partial charge in [-0.3, -0.25) is 9.11 Å². The van der Waals surface area contributed by atoms with Gasteiger partial charge in [0.05, 0.1) is 0 Å². The zero-order valence-corrected chi connectivity index (χ0v) is 11.2. The predicted octanol–water partition coefficient (Wildman–Crippen LogP) is 0.407. The molecule has 105 valence electrons. The molecule has 2 N–H and O–H groups in total. The SMILES string of the molecule is O=S(=O)(O)C(F)(F)F.O=S(=O)(O)C(F)(F)F.[Sb]. The molecule has 3 radical (unpaired) electrons. The summed E-state index contributed by atoms with van der Waals surface area (Å²) in [4.78, 5) is 0. The van der Waals surface area contributed by atoms with Crippen LogP contribution < -0.4 is 0 Å². The normalized spacial score (nSPS) is 13.2. The Morgan fingerprint density at radius 1 is 0.647 bits per heavy atom. The van der Waals surface area contributed by atoms with Crippen LogP contribution in [0.2, 0.25) is 0 Å². The van der Waals surface area contributed by atoms with E-state index in [1.165, 1.54) is 0 Å². The van der Waals surface area contributed by atoms with Crippen molar-refractivity contribution < 1.29 is 52.3 Å². The maximum atomic E-state index is 10.7. The molecule has 0 unspecified atom stereocenters. The molecule has 0 aromatic carbocycles. The summed E-state index contributed by atoms with van der Waals surface area (Å²) in [6, 6.07) is 0. The van der Waals surface area contributed by atoms with Crippen LogP contribution in [0.5, 0.6) is 0 Å². The van der Waals surface area contributed by atoms with Crippen molar-refractivity contribution in [3.63, 3.8) is 0 Å². The van der Waals surface area contributed by atoms with E-state index in [2.05, 4.69) is 0 Å². The van der Waals surface area contributed by atoms with Crippen molar-refractivity contribution in [1.82, 2.24) is 0 Å². The summed E-state index contributed by atoms with van der Waals surface area (Å²) < 4.78 is 115. The van der Waals surface area contributed by atoms with Crippen molar-refractivity contribution >= 4 is 44.7 Å². The van der Waals surface area contributed by atoms with Gasteiger partial charge in [-0.2, -0.15) is 43.2 Å². The molecule has 0 saturated carbocycles. The maximum absolute atomic E-state index is 10.7. The van der Waals surface area contributed by atoms with Crippen molar-refractivity contribution in [1.29, 1.82) is 0 Å². The van der Waals surface area contributed by atoms with E-state index < -0.39 is 31.3 Å². The van der Waals surface area contributed by atoms with Crippen LogP contribution in [0.1, 0.15) is 0 Å². The van der Waals surface area contributed by atoms with Crippen LogP contribution in [0.15, 0.2) is 0 Å². The average Bonchev–Trinajstić information content (AvgIpc) is 1.77. The molecule has 0 aliphatic rings. The molecule has 0 bridgehead atoms. The van der Waals surface area contributed by atoms with Gasteiger partial charge < -0.3 is 0 Å². The van der Waals surface area contributed by atoms with Gasteiger partial charge in [0.2, 0.25) is 0 Å². The summed E-state index contributed by atoms with van der Waals surface area (Å²) in [6.45, 7) is 0. The molecule has 0 amide bonds. The molecule has 0 fully saturated rings. The Labute approximate surface area is 108 Å². The third-order valence-electron chi connectivity index (χ3n) is 0.585. The first-order valence-electron chi connectivity index (χ1n) is 2.57. The van der Waals surface area contributed by atoms with Gasteiger partial charge in [0.1, 0.15) is 0 Å². The Morgan fingerprint density at radius 3 is 0.706 bits per heavy atom. The summed E-state index contributed by atoms with van der Waals surface area (Å²) in [6.07, 6.45) is 0. The summed E-state index contributed by atoms with van der Waals surface area (Å²) in [7, 11) is -11.7. The van der Waals surface area contributed by atoms with Gasteiger partial charge in [0, 0.05) is 24.4 Å². The van der Waals surface area contributed by atoms with Crippen LogP contribution >= 0.6 is 0 Å². The zero-order valence-electron chi connectivity index (χ0n) is 7.06. The number of hydrogen-bond acceptors (Lipinski definition) is 4. The maximum Gasteiger partial charge on any atom is 0.522 e. The van der Waals surface area contributed by atoms with Crippen LogP contribution in [0.25, 0.3) is 0 Å². The second-order valence-corrected chi connectivity index (χ2v) is 4.67. The van der Waals surface area contributed by atoms with E-state index in [1.54, 1.807) is 0 Å².